The molecule has 0 heterocycles. The fourth-order valence-electron chi connectivity index (χ4n) is 1.08. The van der Waals surface area contributed by atoms with E-state index in [-0.39, 0.29) is 5.91 Å². The van der Waals surface area contributed by atoms with Crippen LogP contribution < -0.4 is 11.1 Å². The highest BCUT2D eigenvalue weighted by atomic mass is 79.9. The van der Waals surface area contributed by atoms with E-state index in [0.29, 0.717) is 11.3 Å². The van der Waals surface area contributed by atoms with Crippen LogP contribution in [-0.4, -0.2) is 13.0 Å². The second-order valence-electron chi connectivity index (χ2n) is 3.49. The van der Waals surface area contributed by atoms with Crippen LogP contribution in [0.1, 0.15) is 36.2 Å². The minimum absolute atomic E-state index is 0.165. The number of nitrogens with one attached hydrogen (secondary N) is 1. The molecule has 0 aliphatic carbocycles. The summed E-state index contributed by atoms with van der Waals surface area (Å²) >= 11 is 3.29. The second kappa shape index (κ2) is 7.28. The third kappa shape index (κ3) is 4.23. The van der Waals surface area contributed by atoms with Gasteiger partial charge in [-0.2, -0.15) is 0 Å². The van der Waals surface area contributed by atoms with Gasteiger partial charge in [0.05, 0.1) is 11.3 Å². The van der Waals surface area contributed by atoms with Gasteiger partial charge in [-0.15, -0.1) is 0 Å². The molecule has 1 rings (SSSR count). The minimum atomic E-state index is -0.165. The Bertz CT molecular complexity index is 364. The molecule has 0 spiro atoms. The van der Waals surface area contributed by atoms with E-state index < -0.39 is 0 Å². The van der Waals surface area contributed by atoms with E-state index in [1.807, 2.05) is 13.0 Å². The lowest BCUT2D eigenvalue weighted by Crippen LogP contribution is -2.19. The molecule has 0 aliphatic heterocycles. The van der Waals surface area contributed by atoms with Gasteiger partial charge in [0.1, 0.15) is 0 Å². The van der Waals surface area contributed by atoms with Gasteiger partial charge in [0.25, 0.3) is 5.91 Å². The highest BCUT2D eigenvalue weighted by molar-refractivity contribution is 9.10. The SMILES string of the molecule is CCC.CNC(=O)c1cc(C)cc(Br)c1N. The number of carbonyl (C=O) groups excluding carboxylic acids is 1. The van der Waals surface area contributed by atoms with Crippen molar-refractivity contribution < 1.29 is 4.79 Å². The van der Waals surface area contributed by atoms with Gasteiger partial charge in [0.2, 0.25) is 0 Å². The van der Waals surface area contributed by atoms with Crippen molar-refractivity contribution in [2.24, 2.45) is 0 Å². The molecular weight excluding hydrogens is 268 g/mol. The first kappa shape index (κ1) is 15.0. The Morgan fingerprint density at radius 1 is 1.44 bits per heavy atom. The summed E-state index contributed by atoms with van der Waals surface area (Å²) in [5.74, 6) is -0.165. The monoisotopic (exact) mass is 286 g/mol. The maximum Gasteiger partial charge on any atom is 0.253 e. The van der Waals surface area contributed by atoms with E-state index >= 15 is 0 Å². The van der Waals surface area contributed by atoms with Gasteiger partial charge in [0, 0.05) is 11.5 Å². The largest absolute Gasteiger partial charge is 0.397 e. The molecule has 3 nitrogen and oxygen atoms in total. The predicted octanol–water partition coefficient (Wildman–Crippen LogP) is 3.12. The topological polar surface area (TPSA) is 55.1 Å². The maximum atomic E-state index is 11.3. The highest BCUT2D eigenvalue weighted by Gasteiger charge is 2.10. The number of halogens is 1. The Morgan fingerprint density at radius 3 is 2.38 bits per heavy atom. The molecule has 0 fully saturated rings. The molecule has 90 valence electrons. The number of anilines is 1. The molecule has 1 aromatic carbocycles. The zero-order chi connectivity index (χ0) is 12.7. The zero-order valence-corrected chi connectivity index (χ0v) is 11.8. The van der Waals surface area contributed by atoms with E-state index in [1.54, 1.807) is 13.1 Å². The molecule has 16 heavy (non-hydrogen) atoms. The number of nitrogens with two attached hydrogens (primary N) is 1. The molecule has 0 unspecified atom stereocenters. The molecule has 1 aromatic rings. The molecule has 3 N–H and O–H groups in total. The van der Waals surface area contributed by atoms with E-state index in [9.17, 15) is 4.79 Å². The summed E-state index contributed by atoms with van der Waals surface area (Å²) in [6.45, 7) is 6.16. The van der Waals surface area contributed by atoms with Crippen molar-refractivity contribution in [2.45, 2.75) is 27.2 Å². The van der Waals surface area contributed by atoms with Crippen LogP contribution in [0.3, 0.4) is 0 Å². The summed E-state index contributed by atoms with van der Waals surface area (Å²) in [5, 5.41) is 2.54. The third-order valence-electron chi connectivity index (χ3n) is 1.75. The third-order valence-corrected chi connectivity index (χ3v) is 2.40. The van der Waals surface area contributed by atoms with Gasteiger partial charge in [-0.25, -0.2) is 0 Å². The Balaban J connectivity index is 0.000000673. The molecule has 0 aromatic heterocycles. The number of benzene rings is 1. The summed E-state index contributed by atoms with van der Waals surface area (Å²) in [6, 6.07) is 3.64. The first-order valence-electron chi connectivity index (χ1n) is 5.25. The van der Waals surface area contributed by atoms with Crippen LogP contribution >= 0.6 is 15.9 Å². The molecule has 4 heteroatoms. The average molecular weight is 287 g/mol. The van der Waals surface area contributed by atoms with Crippen molar-refractivity contribution in [1.29, 1.82) is 0 Å². The van der Waals surface area contributed by atoms with Crippen molar-refractivity contribution in [3.63, 3.8) is 0 Å². The lowest BCUT2D eigenvalue weighted by atomic mass is 10.1. The summed E-state index contributed by atoms with van der Waals surface area (Å²) in [6.07, 6.45) is 1.25. The van der Waals surface area contributed by atoms with Crippen molar-refractivity contribution >= 4 is 27.5 Å². The molecule has 0 radical (unpaired) electrons. The van der Waals surface area contributed by atoms with Gasteiger partial charge in [-0.1, -0.05) is 20.3 Å². The smallest absolute Gasteiger partial charge is 0.253 e. The Hall–Kier alpha value is -1.03. The average Bonchev–Trinajstić information content (AvgIpc) is 2.23. The van der Waals surface area contributed by atoms with Crippen LogP contribution in [0.25, 0.3) is 0 Å². The summed E-state index contributed by atoms with van der Waals surface area (Å²) < 4.78 is 0.756. The quantitative estimate of drug-likeness (QED) is 0.780. The molecule has 0 bridgehead atoms. The van der Waals surface area contributed by atoms with Crippen LogP contribution in [-0.2, 0) is 0 Å². The van der Waals surface area contributed by atoms with E-state index in [0.717, 1.165) is 10.0 Å². The number of amides is 1. The van der Waals surface area contributed by atoms with Crippen molar-refractivity contribution in [1.82, 2.24) is 5.32 Å². The minimum Gasteiger partial charge on any atom is -0.397 e. The summed E-state index contributed by atoms with van der Waals surface area (Å²) in [4.78, 5) is 11.3. The van der Waals surface area contributed by atoms with Crippen molar-refractivity contribution in [3.8, 4) is 0 Å². The molecule has 0 aliphatic rings. The van der Waals surface area contributed by atoms with Crippen molar-refractivity contribution in [3.05, 3.63) is 27.7 Å². The molecule has 0 saturated heterocycles. The number of rotatable bonds is 1. The first-order chi connectivity index (χ1) is 7.47. The van der Waals surface area contributed by atoms with Crippen LogP contribution in [0.15, 0.2) is 16.6 Å². The standard InChI is InChI=1S/C9H11BrN2O.C3H8/c1-5-3-6(9(13)12-2)8(11)7(10)4-5;1-3-2/h3-4H,11H2,1-2H3,(H,12,13);3H2,1-2H3. The van der Waals surface area contributed by atoms with Crippen LogP contribution in [0.4, 0.5) is 5.69 Å². The zero-order valence-electron chi connectivity index (χ0n) is 10.2. The van der Waals surface area contributed by atoms with Gasteiger partial charge in [0.15, 0.2) is 0 Å². The van der Waals surface area contributed by atoms with Gasteiger partial charge < -0.3 is 11.1 Å². The van der Waals surface area contributed by atoms with Crippen LogP contribution in [0.5, 0.6) is 0 Å². The lowest BCUT2D eigenvalue weighted by Gasteiger charge is -2.07. The fourth-order valence-corrected chi connectivity index (χ4v) is 1.65. The van der Waals surface area contributed by atoms with E-state index in [2.05, 4.69) is 35.1 Å². The second-order valence-corrected chi connectivity index (χ2v) is 4.35. The summed E-state index contributed by atoms with van der Waals surface area (Å²) in [7, 11) is 1.58. The van der Waals surface area contributed by atoms with Crippen LogP contribution in [0.2, 0.25) is 0 Å². The number of hydrogen-bond donors (Lipinski definition) is 2. The molecule has 0 atom stereocenters. The van der Waals surface area contributed by atoms with E-state index in [1.165, 1.54) is 6.42 Å². The number of hydrogen-bond acceptors (Lipinski definition) is 2. The van der Waals surface area contributed by atoms with Gasteiger partial charge >= 0.3 is 0 Å². The molecule has 1 amide bonds. The molecular formula is C12H19BrN2O. The number of nitrogen functional groups attached to an aromatic ring is 1. The molecule has 0 saturated carbocycles. The maximum absolute atomic E-state index is 11.3. The summed E-state index contributed by atoms with van der Waals surface area (Å²) in [5.41, 5.74) is 7.71. The lowest BCUT2D eigenvalue weighted by molar-refractivity contribution is 0.0964. The van der Waals surface area contributed by atoms with Gasteiger partial charge in [-0.05, 0) is 40.5 Å². The normalized spacial score (nSPS) is 9.06. The highest BCUT2D eigenvalue weighted by Crippen LogP contribution is 2.24. The number of carbonyl (C=O) groups is 1. The Kier molecular flexibility index (Phi) is 6.81. The Morgan fingerprint density at radius 2 is 1.94 bits per heavy atom. The fraction of sp³-hybridized carbons (Fsp3) is 0.417. The van der Waals surface area contributed by atoms with Crippen molar-refractivity contribution in [2.75, 3.05) is 12.8 Å². The first-order valence-corrected chi connectivity index (χ1v) is 6.04. The van der Waals surface area contributed by atoms with Gasteiger partial charge in [-0.3, -0.25) is 4.79 Å². The predicted molar refractivity (Wildman–Crippen MR) is 72.6 cm³/mol. The van der Waals surface area contributed by atoms with E-state index in [4.69, 9.17) is 5.73 Å². The number of aryl methyl sites for hydroxylation is 1. The Labute approximate surface area is 106 Å². The van der Waals surface area contributed by atoms with Crippen LogP contribution in [0, 0.1) is 6.92 Å².